The third kappa shape index (κ3) is 3.22. The van der Waals surface area contributed by atoms with Crippen LogP contribution in [0.4, 0.5) is 18.9 Å². The van der Waals surface area contributed by atoms with Crippen molar-refractivity contribution in [2.75, 3.05) is 5.32 Å². The van der Waals surface area contributed by atoms with Crippen LogP contribution >= 0.6 is 0 Å². The van der Waals surface area contributed by atoms with Crippen LogP contribution in [0.15, 0.2) is 42.5 Å². The third-order valence-electron chi connectivity index (χ3n) is 3.47. The van der Waals surface area contributed by atoms with Crippen LogP contribution in [0.1, 0.15) is 12.5 Å². The lowest BCUT2D eigenvalue weighted by Gasteiger charge is -2.07. The van der Waals surface area contributed by atoms with Crippen LogP contribution in [0.25, 0.3) is 16.7 Å². The fourth-order valence-corrected chi connectivity index (χ4v) is 2.17. The molecule has 0 saturated heterocycles. The minimum atomic E-state index is -4.94. The molecule has 2 aromatic carbocycles. The largest absolute Gasteiger partial charge is 0.471 e. The van der Waals surface area contributed by atoms with E-state index < -0.39 is 12.1 Å². The van der Waals surface area contributed by atoms with Gasteiger partial charge in [0, 0.05) is 5.69 Å². The lowest BCUT2D eigenvalue weighted by Crippen LogP contribution is -2.29. The first kappa shape index (κ1) is 16.0. The van der Waals surface area contributed by atoms with E-state index in [-0.39, 0.29) is 5.69 Å². The molecule has 0 bridgehead atoms. The van der Waals surface area contributed by atoms with Crippen LogP contribution in [0.3, 0.4) is 0 Å². The maximum atomic E-state index is 12.3. The Morgan fingerprint density at radius 1 is 1.08 bits per heavy atom. The molecule has 0 fully saturated rings. The van der Waals surface area contributed by atoms with Gasteiger partial charge in [-0.15, -0.1) is 10.2 Å². The molecule has 0 aliphatic rings. The highest BCUT2D eigenvalue weighted by Gasteiger charge is 2.38. The molecule has 1 N–H and O–H groups in total. The number of fused-ring (bicyclic) bond motifs is 1. The number of benzene rings is 2. The first-order valence-corrected chi connectivity index (χ1v) is 7.21. The van der Waals surface area contributed by atoms with Crippen molar-refractivity contribution in [3.8, 4) is 5.69 Å². The summed E-state index contributed by atoms with van der Waals surface area (Å²) in [5, 5.41) is 10.3. The van der Waals surface area contributed by atoms with Crippen molar-refractivity contribution < 1.29 is 18.0 Å². The minimum absolute atomic E-state index is 0.0122. The number of hydrogen-bond acceptors (Lipinski definition) is 3. The molecule has 124 valence electrons. The molecule has 3 rings (SSSR count). The van der Waals surface area contributed by atoms with E-state index in [2.05, 4.69) is 10.2 Å². The summed E-state index contributed by atoms with van der Waals surface area (Å²) in [4.78, 5) is 12.4. The van der Waals surface area contributed by atoms with Crippen molar-refractivity contribution >= 4 is 22.6 Å². The first-order valence-electron chi connectivity index (χ1n) is 7.21. The Kier molecular flexibility index (Phi) is 3.96. The molecule has 0 aliphatic heterocycles. The average molecular weight is 334 g/mol. The number of rotatable bonds is 3. The summed E-state index contributed by atoms with van der Waals surface area (Å²) in [6, 6.07) is 11.9. The zero-order chi connectivity index (χ0) is 17.3. The van der Waals surface area contributed by atoms with Crippen LogP contribution in [-0.4, -0.2) is 27.1 Å². The molecule has 1 amide bonds. The van der Waals surface area contributed by atoms with Gasteiger partial charge in [-0.1, -0.05) is 19.1 Å². The van der Waals surface area contributed by atoms with E-state index in [9.17, 15) is 18.0 Å². The number of carbonyl (C=O) groups is 1. The lowest BCUT2D eigenvalue weighted by molar-refractivity contribution is -0.167. The SMILES string of the molecule is CCc1ccc(-n2nc3ccc(NC(=O)C(F)(F)F)cc3n2)cc1. The van der Waals surface area contributed by atoms with Gasteiger partial charge < -0.3 is 5.32 Å². The predicted molar refractivity (Wildman–Crippen MR) is 82.9 cm³/mol. The van der Waals surface area contributed by atoms with Gasteiger partial charge in [0.25, 0.3) is 0 Å². The van der Waals surface area contributed by atoms with E-state index >= 15 is 0 Å². The van der Waals surface area contributed by atoms with Crippen LogP contribution in [0, 0.1) is 0 Å². The zero-order valence-electron chi connectivity index (χ0n) is 12.6. The van der Waals surface area contributed by atoms with E-state index in [1.165, 1.54) is 28.6 Å². The van der Waals surface area contributed by atoms with E-state index in [4.69, 9.17) is 0 Å². The smallest absolute Gasteiger partial charge is 0.318 e. The highest BCUT2D eigenvalue weighted by molar-refractivity contribution is 5.96. The van der Waals surface area contributed by atoms with Crippen molar-refractivity contribution in [3.63, 3.8) is 0 Å². The van der Waals surface area contributed by atoms with Gasteiger partial charge in [-0.25, -0.2) is 0 Å². The van der Waals surface area contributed by atoms with E-state index in [1.807, 2.05) is 31.2 Å². The number of hydrogen-bond donors (Lipinski definition) is 1. The van der Waals surface area contributed by atoms with Crippen molar-refractivity contribution in [2.24, 2.45) is 0 Å². The highest BCUT2D eigenvalue weighted by atomic mass is 19.4. The molecule has 0 radical (unpaired) electrons. The Labute approximate surface area is 135 Å². The van der Waals surface area contributed by atoms with Crippen molar-refractivity contribution in [1.29, 1.82) is 0 Å². The minimum Gasteiger partial charge on any atom is -0.318 e. The molecule has 3 aromatic rings. The van der Waals surface area contributed by atoms with Crippen molar-refractivity contribution in [1.82, 2.24) is 15.0 Å². The number of nitrogens with one attached hydrogen (secondary N) is 1. The van der Waals surface area contributed by atoms with E-state index in [0.717, 1.165) is 12.1 Å². The average Bonchev–Trinajstić information content (AvgIpc) is 2.97. The molecule has 0 aliphatic carbocycles. The van der Waals surface area contributed by atoms with Gasteiger partial charge in [0.2, 0.25) is 0 Å². The number of alkyl halides is 3. The predicted octanol–water partition coefficient (Wildman–Crippen LogP) is 3.48. The van der Waals surface area contributed by atoms with Crippen LogP contribution in [-0.2, 0) is 11.2 Å². The monoisotopic (exact) mass is 334 g/mol. The Hall–Kier alpha value is -2.90. The Bertz CT molecular complexity index is 884. The quantitative estimate of drug-likeness (QED) is 0.798. The fourth-order valence-electron chi connectivity index (χ4n) is 2.17. The number of amides is 1. The van der Waals surface area contributed by atoms with E-state index in [1.54, 1.807) is 5.32 Å². The molecule has 5 nitrogen and oxygen atoms in total. The topological polar surface area (TPSA) is 59.8 Å². The zero-order valence-corrected chi connectivity index (χ0v) is 12.6. The van der Waals surface area contributed by atoms with Gasteiger partial charge >= 0.3 is 12.1 Å². The van der Waals surface area contributed by atoms with Crippen molar-refractivity contribution in [2.45, 2.75) is 19.5 Å². The second-order valence-corrected chi connectivity index (χ2v) is 5.16. The highest BCUT2D eigenvalue weighted by Crippen LogP contribution is 2.21. The molecule has 0 saturated carbocycles. The van der Waals surface area contributed by atoms with E-state index in [0.29, 0.717) is 11.0 Å². The van der Waals surface area contributed by atoms with Gasteiger partial charge in [-0.05, 0) is 42.3 Å². The molecule has 8 heteroatoms. The summed E-state index contributed by atoms with van der Waals surface area (Å²) in [6.45, 7) is 2.05. The van der Waals surface area contributed by atoms with Crippen molar-refractivity contribution in [3.05, 3.63) is 48.0 Å². The maximum absolute atomic E-state index is 12.3. The summed E-state index contributed by atoms with van der Waals surface area (Å²) < 4.78 is 36.9. The lowest BCUT2D eigenvalue weighted by atomic mass is 10.2. The second-order valence-electron chi connectivity index (χ2n) is 5.16. The molecule has 0 spiro atoms. The van der Waals surface area contributed by atoms with Gasteiger partial charge in [0.05, 0.1) is 5.69 Å². The molecular weight excluding hydrogens is 321 g/mol. The molecule has 1 aromatic heterocycles. The number of halogens is 3. The van der Waals surface area contributed by atoms with Gasteiger partial charge in [0.1, 0.15) is 11.0 Å². The Morgan fingerprint density at radius 2 is 1.75 bits per heavy atom. The van der Waals surface area contributed by atoms with Crippen LogP contribution < -0.4 is 5.32 Å². The number of anilines is 1. The van der Waals surface area contributed by atoms with Gasteiger partial charge in [-0.3, -0.25) is 4.79 Å². The fraction of sp³-hybridized carbons (Fsp3) is 0.188. The Morgan fingerprint density at radius 3 is 2.38 bits per heavy atom. The number of nitrogens with zero attached hydrogens (tertiary/aromatic N) is 3. The number of aromatic nitrogens is 3. The molecular formula is C16H13F3N4O. The second kappa shape index (κ2) is 5.95. The summed E-state index contributed by atoms with van der Waals surface area (Å²) in [5.41, 5.74) is 2.82. The summed E-state index contributed by atoms with van der Waals surface area (Å²) in [6.07, 6.45) is -4.02. The summed E-state index contributed by atoms with van der Waals surface area (Å²) in [5.74, 6) is -2.02. The van der Waals surface area contributed by atoms with Gasteiger partial charge in [-0.2, -0.15) is 18.0 Å². The molecule has 1 heterocycles. The third-order valence-corrected chi connectivity index (χ3v) is 3.47. The summed E-state index contributed by atoms with van der Waals surface area (Å²) >= 11 is 0. The number of carbonyl (C=O) groups excluding carboxylic acids is 1. The Balaban J connectivity index is 1.89. The summed E-state index contributed by atoms with van der Waals surface area (Å²) in [7, 11) is 0. The number of aryl methyl sites for hydroxylation is 1. The van der Waals surface area contributed by atoms with Crippen LogP contribution in [0.5, 0.6) is 0 Å². The van der Waals surface area contributed by atoms with Gasteiger partial charge in [0.15, 0.2) is 0 Å². The maximum Gasteiger partial charge on any atom is 0.471 e. The molecule has 0 unspecified atom stereocenters. The first-order chi connectivity index (χ1) is 11.4. The molecule has 0 atom stereocenters. The molecule has 24 heavy (non-hydrogen) atoms. The standard InChI is InChI=1S/C16H13F3N4O/c1-2-10-3-6-12(7-4-10)23-21-13-8-5-11(9-14(13)22-23)20-15(24)16(17,18)19/h3-9H,2H2,1H3,(H,20,24). The normalized spacial score (nSPS) is 11.7. The van der Waals surface area contributed by atoms with Crippen LogP contribution in [0.2, 0.25) is 0 Å².